The predicted octanol–water partition coefficient (Wildman–Crippen LogP) is 3.61. The molecule has 0 heterocycles. The van der Waals surface area contributed by atoms with Crippen LogP contribution in [0.4, 0.5) is 0 Å². The molecule has 1 rings (SSSR count). The van der Waals surface area contributed by atoms with Crippen LogP contribution in [-0.2, 0) is 4.74 Å². The van der Waals surface area contributed by atoms with Crippen LogP contribution in [0.5, 0.6) is 0 Å². The molecule has 0 aromatic carbocycles. The fourth-order valence-electron chi connectivity index (χ4n) is 2.74. The van der Waals surface area contributed by atoms with Gasteiger partial charge in [0, 0.05) is 26.3 Å². The Balaban J connectivity index is 2.38. The van der Waals surface area contributed by atoms with Crippen LogP contribution in [0.25, 0.3) is 0 Å². The van der Waals surface area contributed by atoms with E-state index in [1.54, 1.807) is 7.11 Å². The number of ether oxygens (including phenoxy) is 1. The molecule has 102 valence electrons. The molecule has 1 aliphatic rings. The van der Waals surface area contributed by atoms with Crippen molar-refractivity contribution in [3.63, 3.8) is 0 Å². The first-order valence-electron chi connectivity index (χ1n) is 7.10. The lowest BCUT2D eigenvalue weighted by Gasteiger charge is -2.41. The molecule has 1 fully saturated rings. The van der Waals surface area contributed by atoms with Gasteiger partial charge in [0.1, 0.15) is 0 Å². The summed E-state index contributed by atoms with van der Waals surface area (Å²) in [6, 6.07) is 0.693. The Labute approximate surface area is 108 Å². The van der Waals surface area contributed by atoms with E-state index >= 15 is 0 Å². The summed E-state index contributed by atoms with van der Waals surface area (Å²) in [7, 11) is 1.79. The van der Waals surface area contributed by atoms with Gasteiger partial charge in [0.25, 0.3) is 0 Å². The number of nitrogens with one attached hydrogen (secondary N) is 1. The molecule has 1 unspecified atom stereocenters. The van der Waals surface area contributed by atoms with Crippen LogP contribution in [0.15, 0.2) is 0 Å². The van der Waals surface area contributed by atoms with Crippen molar-refractivity contribution >= 4 is 0 Å². The van der Waals surface area contributed by atoms with E-state index in [1.807, 2.05) is 0 Å². The van der Waals surface area contributed by atoms with E-state index in [1.165, 1.54) is 25.7 Å². The molecule has 0 saturated heterocycles. The van der Waals surface area contributed by atoms with E-state index in [0.717, 1.165) is 19.6 Å². The van der Waals surface area contributed by atoms with Crippen molar-refractivity contribution in [2.24, 2.45) is 10.8 Å². The van der Waals surface area contributed by atoms with Crippen molar-refractivity contribution in [1.29, 1.82) is 0 Å². The lowest BCUT2D eigenvalue weighted by molar-refractivity contribution is 0.126. The first kappa shape index (κ1) is 15.0. The summed E-state index contributed by atoms with van der Waals surface area (Å²) in [5.74, 6) is 0. The highest BCUT2D eigenvalue weighted by molar-refractivity contribution is 4.89. The Bertz CT molecular complexity index is 223. The van der Waals surface area contributed by atoms with Crippen LogP contribution in [0.2, 0.25) is 0 Å². The van der Waals surface area contributed by atoms with Gasteiger partial charge in [0.15, 0.2) is 0 Å². The number of hydrogen-bond acceptors (Lipinski definition) is 2. The monoisotopic (exact) mass is 241 g/mol. The van der Waals surface area contributed by atoms with Crippen molar-refractivity contribution in [3.05, 3.63) is 0 Å². The third-order valence-corrected chi connectivity index (χ3v) is 4.32. The van der Waals surface area contributed by atoms with Crippen molar-refractivity contribution in [2.75, 3.05) is 20.3 Å². The van der Waals surface area contributed by atoms with Gasteiger partial charge in [0.2, 0.25) is 0 Å². The zero-order valence-corrected chi connectivity index (χ0v) is 12.4. The maximum absolute atomic E-state index is 5.18. The zero-order chi connectivity index (χ0) is 12.9. The van der Waals surface area contributed by atoms with Gasteiger partial charge in [-0.1, -0.05) is 40.5 Å². The third kappa shape index (κ3) is 4.97. The second kappa shape index (κ2) is 6.19. The van der Waals surface area contributed by atoms with Crippen LogP contribution in [0, 0.1) is 10.8 Å². The maximum atomic E-state index is 5.18. The van der Waals surface area contributed by atoms with E-state index in [9.17, 15) is 0 Å². The molecule has 1 N–H and O–H groups in total. The molecule has 1 atom stereocenters. The van der Waals surface area contributed by atoms with Crippen molar-refractivity contribution in [2.45, 2.75) is 65.8 Å². The predicted molar refractivity (Wildman–Crippen MR) is 74.3 cm³/mol. The molecular formula is C15H31NO. The number of methoxy groups -OCH3 is 1. The highest BCUT2D eigenvalue weighted by atomic mass is 16.5. The Hall–Kier alpha value is -0.0800. The maximum Gasteiger partial charge on any atom is 0.0467 e. The highest BCUT2D eigenvalue weighted by Crippen LogP contribution is 2.35. The largest absolute Gasteiger partial charge is 0.385 e. The van der Waals surface area contributed by atoms with Gasteiger partial charge in [-0.15, -0.1) is 0 Å². The van der Waals surface area contributed by atoms with Gasteiger partial charge < -0.3 is 10.1 Å². The molecule has 0 aromatic heterocycles. The molecule has 0 spiro atoms. The van der Waals surface area contributed by atoms with E-state index in [4.69, 9.17) is 4.74 Å². The molecule has 1 aliphatic carbocycles. The standard InChI is InChI=1S/C15H31NO/c1-14(2,10-11-17-5)12-16-13-8-6-7-9-15(13,3)4/h13,16H,6-12H2,1-5H3. The average Bonchev–Trinajstić information content (AvgIpc) is 2.24. The zero-order valence-electron chi connectivity index (χ0n) is 12.4. The van der Waals surface area contributed by atoms with E-state index < -0.39 is 0 Å². The number of rotatable bonds is 6. The highest BCUT2D eigenvalue weighted by Gasteiger charge is 2.32. The van der Waals surface area contributed by atoms with Gasteiger partial charge in [-0.3, -0.25) is 0 Å². The van der Waals surface area contributed by atoms with Crippen LogP contribution in [-0.4, -0.2) is 26.3 Å². The van der Waals surface area contributed by atoms with Crippen LogP contribution < -0.4 is 5.32 Å². The summed E-state index contributed by atoms with van der Waals surface area (Å²) in [6.07, 6.45) is 6.62. The summed E-state index contributed by atoms with van der Waals surface area (Å²) in [6.45, 7) is 11.4. The number of hydrogen-bond donors (Lipinski definition) is 1. The lowest BCUT2D eigenvalue weighted by Crippen LogP contribution is -2.47. The van der Waals surface area contributed by atoms with E-state index in [-0.39, 0.29) is 0 Å². The molecular weight excluding hydrogens is 210 g/mol. The molecule has 0 amide bonds. The lowest BCUT2D eigenvalue weighted by atomic mass is 9.73. The molecule has 2 heteroatoms. The summed E-state index contributed by atoms with van der Waals surface area (Å²) in [4.78, 5) is 0. The SMILES string of the molecule is COCCC(C)(C)CNC1CCCCC1(C)C. The van der Waals surface area contributed by atoms with Gasteiger partial charge >= 0.3 is 0 Å². The Morgan fingerprint density at radius 1 is 1.29 bits per heavy atom. The second-order valence-corrected chi connectivity index (χ2v) is 7.07. The summed E-state index contributed by atoms with van der Waals surface area (Å²) >= 11 is 0. The minimum absolute atomic E-state index is 0.337. The van der Waals surface area contributed by atoms with Gasteiger partial charge in [0.05, 0.1) is 0 Å². The summed E-state index contributed by atoms with van der Waals surface area (Å²) in [5.41, 5.74) is 0.805. The Morgan fingerprint density at radius 3 is 2.59 bits per heavy atom. The average molecular weight is 241 g/mol. The fraction of sp³-hybridized carbons (Fsp3) is 1.00. The van der Waals surface area contributed by atoms with Crippen molar-refractivity contribution in [3.8, 4) is 0 Å². The summed E-state index contributed by atoms with van der Waals surface area (Å²) in [5, 5.41) is 3.81. The first-order valence-corrected chi connectivity index (χ1v) is 7.10. The smallest absolute Gasteiger partial charge is 0.0467 e. The molecule has 0 aromatic rings. The van der Waals surface area contributed by atoms with Crippen molar-refractivity contribution < 1.29 is 4.74 Å². The molecule has 2 nitrogen and oxygen atoms in total. The first-order chi connectivity index (χ1) is 7.87. The van der Waals surface area contributed by atoms with E-state index in [2.05, 4.69) is 33.0 Å². The van der Waals surface area contributed by atoms with Crippen molar-refractivity contribution in [1.82, 2.24) is 5.32 Å². The molecule has 0 radical (unpaired) electrons. The topological polar surface area (TPSA) is 21.3 Å². The summed E-state index contributed by atoms with van der Waals surface area (Å²) < 4.78 is 5.18. The van der Waals surface area contributed by atoms with E-state index in [0.29, 0.717) is 16.9 Å². The Morgan fingerprint density at radius 2 is 2.00 bits per heavy atom. The Kier molecular flexibility index (Phi) is 5.46. The minimum Gasteiger partial charge on any atom is -0.385 e. The molecule has 1 saturated carbocycles. The van der Waals surface area contributed by atoms with Gasteiger partial charge in [-0.2, -0.15) is 0 Å². The normalized spacial score (nSPS) is 24.9. The van der Waals surface area contributed by atoms with Gasteiger partial charge in [-0.25, -0.2) is 0 Å². The third-order valence-electron chi connectivity index (χ3n) is 4.32. The molecule has 0 bridgehead atoms. The van der Waals surface area contributed by atoms with Crippen LogP contribution in [0.1, 0.15) is 59.8 Å². The van der Waals surface area contributed by atoms with Crippen LogP contribution >= 0.6 is 0 Å². The molecule has 0 aliphatic heterocycles. The minimum atomic E-state index is 0.337. The second-order valence-electron chi connectivity index (χ2n) is 7.07. The molecule has 17 heavy (non-hydrogen) atoms. The van der Waals surface area contributed by atoms with Gasteiger partial charge in [-0.05, 0) is 30.1 Å². The fourth-order valence-corrected chi connectivity index (χ4v) is 2.74. The van der Waals surface area contributed by atoms with Crippen LogP contribution in [0.3, 0.4) is 0 Å². The quantitative estimate of drug-likeness (QED) is 0.767.